The number of ether oxygens (including phenoxy) is 3. The second kappa shape index (κ2) is 59.3. The highest BCUT2D eigenvalue weighted by Crippen LogP contribution is 2.19. The Kier molecular flexibility index (Phi) is 58.0. The fraction of sp³-hybridized carbons (Fsp3) is 0.954. The first-order valence-corrected chi connectivity index (χ1v) is 32.4. The molecule has 0 radical (unpaired) electrons. The van der Waals surface area contributed by atoms with Crippen molar-refractivity contribution in [3.63, 3.8) is 0 Å². The standard InChI is InChI=1S/C65H126O6/c1-5-7-9-11-13-15-17-19-21-23-25-27-32-36-40-44-48-52-56-63(66)69-59-62(60-70-64(67)57-53-49-45-41-37-33-30-29-31-35-39-43-47-51-55-61(3)4)71-65(68)58-54-50-46-42-38-34-28-26-24-22-20-18-16-14-12-10-8-6-2/h61-62H,5-60H2,1-4H3/t62-/m0/s1. The molecule has 0 bridgehead atoms. The molecule has 1 atom stereocenters. The summed E-state index contributed by atoms with van der Waals surface area (Å²) in [6.07, 6.45) is 66.8. The number of rotatable bonds is 60. The third kappa shape index (κ3) is 59.2. The van der Waals surface area contributed by atoms with E-state index in [0.717, 1.165) is 63.7 Å². The number of unbranched alkanes of at least 4 members (excludes halogenated alkanes) is 47. The molecule has 0 fully saturated rings. The molecule has 6 nitrogen and oxygen atoms in total. The van der Waals surface area contributed by atoms with Crippen LogP contribution in [0.2, 0.25) is 0 Å². The van der Waals surface area contributed by atoms with Gasteiger partial charge in [0.2, 0.25) is 0 Å². The maximum atomic E-state index is 12.9. The van der Waals surface area contributed by atoms with E-state index in [1.165, 1.54) is 270 Å². The Hall–Kier alpha value is -1.59. The third-order valence-electron chi connectivity index (χ3n) is 15.0. The van der Waals surface area contributed by atoms with Crippen molar-refractivity contribution >= 4 is 17.9 Å². The molecule has 0 saturated heterocycles. The smallest absolute Gasteiger partial charge is 0.306 e. The van der Waals surface area contributed by atoms with Crippen molar-refractivity contribution in [1.82, 2.24) is 0 Å². The van der Waals surface area contributed by atoms with Gasteiger partial charge in [-0.1, -0.05) is 336 Å². The van der Waals surface area contributed by atoms with E-state index >= 15 is 0 Å². The Morgan fingerprint density at radius 3 is 0.690 bits per heavy atom. The Morgan fingerprint density at radius 2 is 0.465 bits per heavy atom. The molecule has 0 heterocycles. The number of carbonyl (C=O) groups is 3. The van der Waals surface area contributed by atoms with Gasteiger partial charge in [0.05, 0.1) is 0 Å². The molecule has 0 aliphatic rings. The molecule has 71 heavy (non-hydrogen) atoms. The van der Waals surface area contributed by atoms with Crippen LogP contribution in [0, 0.1) is 5.92 Å². The molecule has 6 heteroatoms. The molecule has 0 aliphatic heterocycles. The highest BCUT2D eigenvalue weighted by Gasteiger charge is 2.19. The lowest BCUT2D eigenvalue weighted by Gasteiger charge is -2.18. The van der Waals surface area contributed by atoms with Crippen LogP contribution in [0.1, 0.15) is 374 Å². The van der Waals surface area contributed by atoms with E-state index in [9.17, 15) is 14.4 Å². The molecule has 0 unspecified atom stereocenters. The van der Waals surface area contributed by atoms with E-state index in [4.69, 9.17) is 14.2 Å². The van der Waals surface area contributed by atoms with Crippen molar-refractivity contribution in [2.75, 3.05) is 13.2 Å². The molecule has 422 valence electrons. The normalized spacial score (nSPS) is 12.0. The maximum Gasteiger partial charge on any atom is 0.306 e. The third-order valence-corrected chi connectivity index (χ3v) is 15.0. The lowest BCUT2D eigenvalue weighted by molar-refractivity contribution is -0.167. The molecule has 0 aromatic rings. The van der Waals surface area contributed by atoms with Crippen LogP contribution in [0.25, 0.3) is 0 Å². The number of esters is 3. The van der Waals surface area contributed by atoms with E-state index in [1.807, 2.05) is 0 Å². The van der Waals surface area contributed by atoms with E-state index in [0.29, 0.717) is 19.3 Å². The topological polar surface area (TPSA) is 78.9 Å². The van der Waals surface area contributed by atoms with Gasteiger partial charge in [-0.05, 0) is 25.2 Å². The van der Waals surface area contributed by atoms with Crippen molar-refractivity contribution in [1.29, 1.82) is 0 Å². The number of hydrogen-bond donors (Lipinski definition) is 0. The van der Waals surface area contributed by atoms with Gasteiger partial charge in [-0.25, -0.2) is 0 Å². The summed E-state index contributed by atoms with van der Waals surface area (Å²) in [5.74, 6) is 0.0185. The minimum absolute atomic E-state index is 0.0610. The lowest BCUT2D eigenvalue weighted by atomic mass is 10.0. The van der Waals surface area contributed by atoms with E-state index < -0.39 is 6.10 Å². The van der Waals surface area contributed by atoms with Gasteiger partial charge in [0.1, 0.15) is 13.2 Å². The van der Waals surface area contributed by atoms with Crippen LogP contribution < -0.4 is 0 Å². The monoisotopic (exact) mass is 1000 g/mol. The second-order valence-electron chi connectivity index (χ2n) is 22.9. The summed E-state index contributed by atoms with van der Waals surface area (Å²) >= 11 is 0. The molecule has 0 aromatic carbocycles. The summed E-state index contributed by atoms with van der Waals surface area (Å²) in [4.78, 5) is 38.3. The predicted molar refractivity (Wildman–Crippen MR) is 307 cm³/mol. The van der Waals surface area contributed by atoms with Gasteiger partial charge in [0.15, 0.2) is 6.10 Å². The Bertz CT molecular complexity index is 1070. The minimum atomic E-state index is -0.763. The van der Waals surface area contributed by atoms with Crippen LogP contribution in [0.3, 0.4) is 0 Å². The summed E-state index contributed by atoms with van der Waals surface area (Å²) in [5.41, 5.74) is 0. The molecule has 0 saturated carbocycles. The van der Waals surface area contributed by atoms with Crippen LogP contribution in [-0.4, -0.2) is 37.2 Å². The van der Waals surface area contributed by atoms with Crippen LogP contribution in [0.5, 0.6) is 0 Å². The number of hydrogen-bond acceptors (Lipinski definition) is 6. The van der Waals surface area contributed by atoms with Gasteiger partial charge >= 0.3 is 17.9 Å². The summed E-state index contributed by atoms with van der Waals surface area (Å²) in [7, 11) is 0. The highest BCUT2D eigenvalue weighted by atomic mass is 16.6. The van der Waals surface area contributed by atoms with Crippen molar-refractivity contribution < 1.29 is 28.6 Å². The Morgan fingerprint density at radius 1 is 0.268 bits per heavy atom. The summed E-state index contributed by atoms with van der Waals surface area (Å²) < 4.78 is 17.0. The summed E-state index contributed by atoms with van der Waals surface area (Å²) in [6, 6.07) is 0. The number of carbonyl (C=O) groups excluding carboxylic acids is 3. The predicted octanol–water partition coefficient (Wildman–Crippen LogP) is 21.7. The molecule has 0 amide bonds. The zero-order valence-electron chi connectivity index (χ0n) is 48.7. The van der Waals surface area contributed by atoms with Crippen molar-refractivity contribution in [2.24, 2.45) is 5.92 Å². The fourth-order valence-electron chi connectivity index (χ4n) is 10.2. The zero-order chi connectivity index (χ0) is 51.6. The largest absolute Gasteiger partial charge is 0.462 e. The molecule has 0 spiro atoms. The summed E-state index contributed by atoms with van der Waals surface area (Å²) in [5, 5.41) is 0. The average Bonchev–Trinajstić information content (AvgIpc) is 3.36. The van der Waals surface area contributed by atoms with Crippen molar-refractivity contribution in [2.45, 2.75) is 381 Å². The van der Waals surface area contributed by atoms with E-state index in [-0.39, 0.29) is 31.1 Å². The summed E-state index contributed by atoms with van der Waals surface area (Å²) in [6.45, 7) is 9.10. The van der Waals surface area contributed by atoms with Gasteiger partial charge in [0, 0.05) is 19.3 Å². The maximum absolute atomic E-state index is 12.9. The molecule has 0 rings (SSSR count). The highest BCUT2D eigenvalue weighted by molar-refractivity contribution is 5.71. The van der Waals surface area contributed by atoms with E-state index in [1.54, 1.807) is 0 Å². The quantitative estimate of drug-likeness (QED) is 0.0343. The first-order valence-electron chi connectivity index (χ1n) is 32.4. The van der Waals surface area contributed by atoms with Gasteiger partial charge in [0.25, 0.3) is 0 Å². The van der Waals surface area contributed by atoms with Crippen LogP contribution in [0.4, 0.5) is 0 Å². The zero-order valence-corrected chi connectivity index (χ0v) is 48.7. The van der Waals surface area contributed by atoms with Gasteiger partial charge in [-0.2, -0.15) is 0 Å². The lowest BCUT2D eigenvalue weighted by Crippen LogP contribution is -2.30. The minimum Gasteiger partial charge on any atom is -0.462 e. The Balaban J connectivity index is 4.29. The van der Waals surface area contributed by atoms with Gasteiger partial charge < -0.3 is 14.2 Å². The SMILES string of the molecule is CCCCCCCCCCCCCCCCCCCCC(=O)OC[C@@H](COC(=O)CCCCCCCCCCCCCCCCC(C)C)OC(=O)CCCCCCCCCCCCCCCCCCCC. The molecule has 0 N–H and O–H groups in total. The molecular formula is C65H126O6. The van der Waals surface area contributed by atoms with Crippen LogP contribution in [-0.2, 0) is 28.6 Å². The first-order chi connectivity index (χ1) is 34.9. The van der Waals surface area contributed by atoms with E-state index in [2.05, 4.69) is 27.7 Å². The Labute approximate surface area is 444 Å². The average molecular weight is 1000 g/mol. The van der Waals surface area contributed by atoms with Crippen molar-refractivity contribution in [3.05, 3.63) is 0 Å². The fourth-order valence-corrected chi connectivity index (χ4v) is 10.2. The molecule has 0 aliphatic carbocycles. The molecular weight excluding hydrogens is 877 g/mol. The van der Waals surface area contributed by atoms with Crippen molar-refractivity contribution in [3.8, 4) is 0 Å². The molecule has 0 aromatic heterocycles. The van der Waals surface area contributed by atoms with Gasteiger partial charge in [-0.15, -0.1) is 0 Å². The van der Waals surface area contributed by atoms with Gasteiger partial charge in [-0.3, -0.25) is 14.4 Å². The van der Waals surface area contributed by atoms with Crippen LogP contribution >= 0.6 is 0 Å². The van der Waals surface area contributed by atoms with Crippen LogP contribution in [0.15, 0.2) is 0 Å². The second-order valence-corrected chi connectivity index (χ2v) is 22.9. The first kappa shape index (κ1) is 69.4.